The second-order valence-electron chi connectivity index (χ2n) is 5.65. The van der Waals surface area contributed by atoms with E-state index >= 15 is 0 Å². The maximum atomic E-state index is 5.59. The van der Waals surface area contributed by atoms with Gasteiger partial charge in [0, 0.05) is 19.3 Å². The highest BCUT2D eigenvalue weighted by Crippen LogP contribution is 2.16. The molecule has 0 aliphatic rings. The SMILES string of the molecule is CCC(NCCCOCC(C)C)c1ccc(C)cc1. The fourth-order valence-corrected chi connectivity index (χ4v) is 2.07. The average Bonchev–Trinajstić information content (AvgIpc) is 2.39. The summed E-state index contributed by atoms with van der Waals surface area (Å²) in [5.41, 5.74) is 2.71. The lowest BCUT2D eigenvalue weighted by molar-refractivity contribution is 0.107. The van der Waals surface area contributed by atoms with Crippen LogP contribution in [0.15, 0.2) is 24.3 Å². The Labute approximate surface area is 118 Å². The van der Waals surface area contributed by atoms with Crippen molar-refractivity contribution in [2.75, 3.05) is 19.8 Å². The van der Waals surface area contributed by atoms with Gasteiger partial charge >= 0.3 is 0 Å². The second kappa shape index (κ2) is 9.11. The molecule has 0 saturated carbocycles. The van der Waals surface area contributed by atoms with Crippen molar-refractivity contribution in [3.05, 3.63) is 35.4 Å². The monoisotopic (exact) mass is 263 g/mol. The molecule has 1 aromatic carbocycles. The molecule has 1 unspecified atom stereocenters. The molecule has 108 valence electrons. The molecule has 2 nitrogen and oxygen atoms in total. The van der Waals surface area contributed by atoms with E-state index in [0.717, 1.165) is 32.6 Å². The van der Waals surface area contributed by atoms with Gasteiger partial charge in [-0.15, -0.1) is 0 Å². The van der Waals surface area contributed by atoms with Gasteiger partial charge in [0.2, 0.25) is 0 Å². The normalized spacial score (nSPS) is 12.9. The van der Waals surface area contributed by atoms with E-state index in [2.05, 4.69) is 57.3 Å². The molecule has 0 bridgehead atoms. The topological polar surface area (TPSA) is 21.3 Å². The number of ether oxygens (including phenoxy) is 1. The number of benzene rings is 1. The van der Waals surface area contributed by atoms with Crippen molar-refractivity contribution in [3.8, 4) is 0 Å². The van der Waals surface area contributed by atoms with Gasteiger partial charge in [-0.3, -0.25) is 0 Å². The minimum absolute atomic E-state index is 0.464. The van der Waals surface area contributed by atoms with E-state index in [1.165, 1.54) is 11.1 Å². The van der Waals surface area contributed by atoms with Crippen molar-refractivity contribution >= 4 is 0 Å². The van der Waals surface area contributed by atoms with Gasteiger partial charge in [0.15, 0.2) is 0 Å². The number of rotatable bonds is 9. The van der Waals surface area contributed by atoms with Gasteiger partial charge in [-0.05, 0) is 37.8 Å². The Morgan fingerprint density at radius 1 is 1.16 bits per heavy atom. The first-order chi connectivity index (χ1) is 9.13. The molecular formula is C17H29NO. The van der Waals surface area contributed by atoms with Crippen LogP contribution in [0.2, 0.25) is 0 Å². The lowest BCUT2D eigenvalue weighted by Crippen LogP contribution is -2.23. The first kappa shape index (κ1) is 16.2. The third kappa shape index (κ3) is 6.74. The van der Waals surface area contributed by atoms with E-state index in [1.807, 2.05) is 0 Å². The van der Waals surface area contributed by atoms with Gasteiger partial charge < -0.3 is 10.1 Å². The Bertz CT molecular complexity index is 332. The van der Waals surface area contributed by atoms with E-state index in [-0.39, 0.29) is 0 Å². The van der Waals surface area contributed by atoms with Crippen LogP contribution >= 0.6 is 0 Å². The summed E-state index contributed by atoms with van der Waals surface area (Å²) in [6.07, 6.45) is 2.20. The van der Waals surface area contributed by atoms with Gasteiger partial charge in [-0.25, -0.2) is 0 Å². The molecule has 0 saturated heterocycles. The molecule has 0 spiro atoms. The molecular weight excluding hydrogens is 234 g/mol. The predicted octanol–water partition coefficient (Wildman–Crippen LogP) is 4.10. The third-order valence-electron chi connectivity index (χ3n) is 3.20. The Balaban J connectivity index is 2.24. The van der Waals surface area contributed by atoms with Crippen molar-refractivity contribution in [1.29, 1.82) is 0 Å². The van der Waals surface area contributed by atoms with Crippen molar-refractivity contribution in [1.82, 2.24) is 5.32 Å². The molecule has 0 aromatic heterocycles. The lowest BCUT2D eigenvalue weighted by atomic mass is 10.0. The minimum atomic E-state index is 0.464. The van der Waals surface area contributed by atoms with E-state index in [9.17, 15) is 0 Å². The van der Waals surface area contributed by atoms with E-state index in [4.69, 9.17) is 4.74 Å². The van der Waals surface area contributed by atoms with Gasteiger partial charge in [-0.1, -0.05) is 50.6 Å². The largest absolute Gasteiger partial charge is 0.381 e. The highest BCUT2D eigenvalue weighted by molar-refractivity contribution is 5.23. The number of hydrogen-bond donors (Lipinski definition) is 1. The molecule has 0 fully saturated rings. The maximum absolute atomic E-state index is 5.59. The van der Waals surface area contributed by atoms with Gasteiger partial charge in [0.25, 0.3) is 0 Å². The summed E-state index contributed by atoms with van der Waals surface area (Å²) in [6.45, 7) is 11.5. The number of hydrogen-bond acceptors (Lipinski definition) is 2. The van der Waals surface area contributed by atoms with Gasteiger partial charge in [-0.2, -0.15) is 0 Å². The molecule has 0 aliphatic heterocycles. The fourth-order valence-electron chi connectivity index (χ4n) is 2.07. The summed E-state index contributed by atoms with van der Waals surface area (Å²) in [6, 6.07) is 9.29. The van der Waals surface area contributed by atoms with Crippen molar-refractivity contribution < 1.29 is 4.74 Å². The maximum Gasteiger partial charge on any atom is 0.0489 e. The zero-order chi connectivity index (χ0) is 14.1. The molecule has 1 rings (SSSR count). The van der Waals surface area contributed by atoms with Crippen molar-refractivity contribution in [3.63, 3.8) is 0 Å². The summed E-state index contributed by atoms with van der Waals surface area (Å²) < 4.78 is 5.59. The van der Waals surface area contributed by atoms with Crippen LogP contribution in [0.25, 0.3) is 0 Å². The molecule has 1 atom stereocenters. The van der Waals surface area contributed by atoms with E-state index in [1.54, 1.807) is 0 Å². The van der Waals surface area contributed by atoms with Crippen LogP contribution in [-0.4, -0.2) is 19.8 Å². The summed E-state index contributed by atoms with van der Waals surface area (Å²) in [5.74, 6) is 0.629. The summed E-state index contributed by atoms with van der Waals surface area (Å²) in [5, 5.41) is 3.61. The summed E-state index contributed by atoms with van der Waals surface area (Å²) >= 11 is 0. The molecule has 0 aliphatic carbocycles. The van der Waals surface area contributed by atoms with Crippen LogP contribution in [0.4, 0.5) is 0 Å². The summed E-state index contributed by atoms with van der Waals surface area (Å²) in [7, 11) is 0. The fraction of sp³-hybridized carbons (Fsp3) is 0.647. The predicted molar refractivity (Wildman–Crippen MR) is 82.5 cm³/mol. The first-order valence-corrected chi connectivity index (χ1v) is 7.51. The third-order valence-corrected chi connectivity index (χ3v) is 3.20. The van der Waals surface area contributed by atoms with Crippen LogP contribution in [-0.2, 0) is 4.74 Å². The highest BCUT2D eigenvalue weighted by Gasteiger charge is 2.07. The second-order valence-corrected chi connectivity index (χ2v) is 5.65. The van der Waals surface area contributed by atoms with E-state index in [0.29, 0.717) is 12.0 Å². The van der Waals surface area contributed by atoms with Crippen molar-refractivity contribution in [2.45, 2.75) is 46.6 Å². The Morgan fingerprint density at radius 2 is 1.84 bits per heavy atom. The molecule has 0 heterocycles. The quantitative estimate of drug-likeness (QED) is 0.677. The van der Waals surface area contributed by atoms with Gasteiger partial charge in [0.05, 0.1) is 0 Å². The summed E-state index contributed by atoms with van der Waals surface area (Å²) in [4.78, 5) is 0. The molecule has 1 N–H and O–H groups in total. The molecule has 0 amide bonds. The minimum Gasteiger partial charge on any atom is -0.381 e. The Kier molecular flexibility index (Phi) is 7.76. The van der Waals surface area contributed by atoms with Crippen LogP contribution < -0.4 is 5.32 Å². The van der Waals surface area contributed by atoms with Crippen LogP contribution in [0, 0.1) is 12.8 Å². The number of aryl methyl sites for hydroxylation is 1. The lowest BCUT2D eigenvalue weighted by Gasteiger charge is -2.17. The molecule has 19 heavy (non-hydrogen) atoms. The van der Waals surface area contributed by atoms with Crippen molar-refractivity contribution in [2.24, 2.45) is 5.92 Å². The Morgan fingerprint density at radius 3 is 2.42 bits per heavy atom. The highest BCUT2D eigenvalue weighted by atomic mass is 16.5. The van der Waals surface area contributed by atoms with Gasteiger partial charge in [0.1, 0.15) is 0 Å². The molecule has 0 radical (unpaired) electrons. The van der Waals surface area contributed by atoms with Crippen LogP contribution in [0.1, 0.15) is 50.8 Å². The van der Waals surface area contributed by atoms with Crippen LogP contribution in [0.5, 0.6) is 0 Å². The number of nitrogens with one attached hydrogen (secondary N) is 1. The smallest absolute Gasteiger partial charge is 0.0489 e. The van der Waals surface area contributed by atoms with E-state index < -0.39 is 0 Å². The molecule has 1 aromatic rings. The van der Waals surface area contributed by atoms with Crippen LogP contribution in [0.3, 0.4) is 0 Å². The molecule has 2 heteroatoms. The standard InChI is InChI=1S/C17H29NO/c1-5-17(16-9-7-15(4)8-10-16)18-11-6-12-19-13-14(2)3/h7-10,14,17-18H,5-6,11-13H2,1-4H3. The Hall–Kier alpha value is -0.860. The zero-order valence-corrected chi connectivity index (χ0v) is 12.9. The first-order valence-electron chi connectivity index (χ1n) is 7.51. The average molecular weight is 263 g/mol. The zero-order valence-electron chi connectivity index (χ0n) is 12.9.